The predicted octanol–water partition coefficient (Wildman–Crippen LogP) is 4.20. The van der Waals surface area contributed by atoms with Crippen molar-refractivity contribution in [2.75, 3.05) is 5.73 Å². The Bertz CT molecular complexity index is 760. The lowest BCUT2D eigenvalue weighted by Crippen LogP contribution is -2.07. The maximum atomic E-state index is 12.4. The highest BCUT2D eigenvalue weighted by atomic mass is 35.5. The van der Waals surface area contributed by atoms with Crippen molar-refractivity contribution in [2.45, 2.75) is 10.6 Å². The number of anilines is 1. The normalized spacial score (nSPS) is 11.6. The first-order valence-electron chi connectivity index (χ1n) is 5.52. The van der Waals surface area contributed by atoms with Gasteiger partial charge in [0.25, 0.3) is 0 Å². The van der Waals surface area contributed by atoms with Gasteiger partial charge in [-0.05, 0) is 29.8 Å². The summed E-state index contributed by atoms with van der Waals surface area (Å²) in [4.78, 5) is -0.0183. The third-order valence-electron chi connectivity index (χ3n) is 2.67. The summed E-state index contributed by atoms with van der Waals surface area (Å²) < 4.78 is 24.8. The van der Waals surface area contributed by atoms with Crippen LogP contribution in [0.4, 0.5) is 5.69 Å². The lowest BCUT2D eigenvalue weighted by molar-refractivity contribution is 0.595. The zero-order chi connectivity index (χ0) is 14.9. The molecule has 2 aromatic rings. The van der Waals surface area contributed by atoms with Gasteiger partial charge in [0.15, 0.2) is 9.84 Å². The minimum atomic E-state index is -3.66. The van der Waals surface area contributed by atoms with Gasteiger partial charge in [0.1, 0.15) is 0 Å². The maximum Gasteiger partial charge on any atom is 0.184 e. The number of nitrogens with two attached hydrogens (primary N) is 1. The zero-order valence-corrected chi connectivity index (χ0v) is 13.2. The van der Waals surface area contributed by atoms with Crippen molar-refractivity contribution in [2.24, 2.45) is 0 Å². The molecule has 7 heteroatoms. The van der Waals surface area contributed by atoms with E-state index in [9.17, 15) is 8.42 Å². The molecular formula is C13H10Cl3NO2S. The van der Waals surface area contributed by atoms with E-state index >= 15 is 0 Å². The molecule has 0 aromatic heterocycles. The van der Waals surface area contributed by atoms with Gasteiger partial charge < -0.3 is 5.73 Å². The van der Waals surface area contributed by atoms with Crippen LogP contribution in [0.1, 0.15) is 5.56 Å². The summed E-state index contributed by atoms with van der Waals surface area (Å²) in [6.45, 7) is 0. The van der Waals surface area contributed by atoms with E-state index < -0.39 is 9.84 Å². The summed E-state index contributed by atoms with van der Waals surface area (Å²) >= 11 is 17.8. The van der Waals surface area contributed by atoms with Gasteiger partial charge in [-0.25, -0.2) is 8.42 Å². The number of nitrogen functional groups attached to an aromatic ring is 1. The Morgan fingerprint density at radius 3 is 2.40 bits per heavy atom. The van der Waals surface area contributed by atoms with Crippen molar-refractivity contribution in [3.05, 3.63) is 57.0 Å². The van der Waals surface area contributed by atoms with E-state index in [4.69, 9.17) is 40.5 Å². The first kappa shape index (κ1) is 15.4. The lowest BCUT2D eigenvalue weighted by atomic mass is 10.2. The summed E-state index contributed by atoms with van der Waals surface area (Å²) in [6, 6.07) is 9.15. The van der Waals surface area contributed by atoms with E-state index in [1.807, 2.05) is 0 Å². The van der Waals surface area contributed by atoms with Crippen molar-refractivity contribution < 1.29 is 8.42 Å². The molecule has 0 unspecified atom stereocenters. The molecule has 2 aromatic carbocycles. The Balaban J connectivity index is 2.46. The van der Waals surface area contributed by atoms with E-state index in [1.165, 1.54) is 18.2 Å². The number of sulfone groups is 1. The summed E-state index contributed by atoms with van der Waals surface area (Å²) in [5.74, 6) is -0.296. The minimum absolute atomic E-state index is 0.0183. The number of halogens is 3. The summed E-state index contributed by atoms with van der Waals surface area (Å²) in [5, 5.41) is 0.646. The summed E-state index contributed by atoms with van der Waals surface area (Å²) in [5.41, 5.74) is 6.34. The van der Waals surface area contributed by atoms with Crippen LogP contribution in [0.25, 0.3) is 0 Å². The highest BCUT2D eigenvalue weighted by Gasteiger charge is 2.21. The average molecular weight is 351 g/mol. The quantitative estimate of drug-likeness (QED) is 0.844. The Hall–Kier alpha value is -0.940. The fourth-order valence-corrected chi connectivity index (χ4v) is 4.12. The molecule has 2 rings (SSSR count). The van der Waals surface area contributed by atoms with Gasteiger partial charge in [-0.15, -0.1) is 0 Å². The van der Waals surface area contributed by atoms with Crippen LogP contribution in [-0.2, 0) is 15.6 Å². The van der Waals surface area contributed by atoms with E-state index in [-0.39, 0.29) is 20.7 Å². The fraction of sp³-hybridized carbons (Fsp3) is 0.0769. The summed E-state index contributed by atoms with van der Waals surface area (Å²) in [6.07, 6.45) is 0. The maximum absolute atomic E-state index is 12.4. The molecule has 0 saturated heterocycles. The largest absolute Gasteiger partial charge is 0.399 e. The second-order valence-corrected chi connectivity index (χ2v) is 7.31. The Kier molecular flexibility index (Phi) is 4.49. The van der Waals surface area contributed by atoms with Gasteiger partial charge in [0, 0.05) is 5.69 Å². The summed E-state index contributed by atoms with van der Waals surface area (Å²) in [7, 11) is -3.66. The molecule has 0 spiro atoms. The molecule has 0 heterocycles. The van der Waals surface area contributed by atoms with E-state index in [1.54, 1.807) is 18.2 Å². The monoisotopic (exact) mass is 349 g/mol. The lowest BCUT2D eigenvalue weighted by Gasteiger charge is -2.09. The molecule has 0 atom stereocenters. The van der Waals surface area contributed by atoms with Gasteiger partial charge in [-0.3, -0.25) is 0 Å². The smallest absolute Gasteiger partial charge is 0.184 e. The molecule has 20 heavy (non-hydrogen) atoms. The van der Waals surface area contributed by atoms with Crippen LogP contribution in [0.5, 0.6) is 0 Å². The van der Waals surface area contributed by atoms with Crippen LogP contribution in [-0.4, -0.2) is 8.42 Å². The molecule has 0 saturated carbocycles. The molecule has 2 N–H and O–H groups in total. The van der Waals surface area contributed by atoms with Gasteiger partial charge >= 0.3 is 0 Å². The third-order valence-corrected chi connectivity index (χ3v) is 5.67. The van der Waals surface area contributed by atoms with E-state index in [0.717, 1.165) is 0 Å². The van der Waals surface area contributed by atoms with E-state index in [2.05, 4.69) is 0 Å². The molecule has 0 bridgehead atoms. The van der Waals surface area contributed by atoms with Gasteiger partial charge in [-0.1, -0.05) is 46.9 Å². The van der Waals surface area contributed by atoms with Crippen molar-refractivity contribution in [3.8, 4) is 0 Å². The number of benzene rings is 2. The Morgan fingerprint density at radius 1 is 1.00 bits per heavy atom. The van der Waals surface area contributed by atoms with Gasteiger partial charge in [0.2, 0.25) is 0 Å². The molecule has 0 fully saturated rings. The molecule has 106 valence electrons. The number of hydrogen-bond donors (Lipinski definition) is 1. The van der Waals surface area contributed by atoms with Gasteiger partial charge in [0.05, 0.1) is 25.7 Å². The van der Waals surface area contributed by atoms with Gasteiger partial charge in [-0.2, -0.15) is 0 Å². The van der Waals surface area contributed by atoms with Crippen LogP contribution in [0, 0.1) is 0 Å². The second kappa shape index (κ2) is 5.82. The van der Waals surface area contributed by atoms with Crippen LogP contribution >= 0.6 is 34.8 Å². The molecule has 0 aliphatic rings. The molecule has 0 radical (unpaired) electrons. The predicted molar refractivity (Wildman–Crippen MR) is 83.2 cm³/mol. The van der Waals surface area contributed by atoms with Crippen LogP contribution in [0.2, 0.25) is 15.1 Å². The number of rotatable bonds is 3. The van der Waals surface area contributed by atoms with E-state index in [0.29, 0.717) is 16.3 Å². The highest BCUT2D eigenvalue weighted by Crippen LogP contribution is 2.31. The SMILES string of the molecule is Nc1ccc(Cl)c(S(=O)(=O)Cc2cccc(Cl)c2Cl)c1. The highest BCUT2D eigenvalue weighted by molar-refractivity contribution is 7.90. The van der Waals surface area contributed by atoms with Crippen LogP contribution in [0.3, 0.4) is 0 Å². The molecular weight excluding hydrogens is 341 g/mol. The fourth-order valence-electron chi connectivity index (χ4n) is 1.70. The first-order chi connectivity index (χ1) is 9.31. The number of hydrogen-bond acceptors (Lipinski definition) is 3. The Morgan fingerprint density at radius 2 is 1.70 bits per heavy atom. The van der Waals surface area contributed by atoms with Crippen LogP contribution in [0.15, 0.2) is 41.3 Å². The standard InChI is InChI=1S/C13H10Cl3NO2S/c14-10-5-4-9(17)6-12(10)20(18,19)7-8-2-1-3-11(15)13(8)16/h1-6H,7,17H2. The first-order valence-corrected chi connectivity index (χ1v) is 8.30. The second-order valence-electron chi connectivity index (χ2n) is 4.16. The van der Waals surface area contributed by atoms with Crippen molar-refractivity contribution in [1.29, 1.82) is 0 Å². The average Bonchev–Trinajstić information content (AvgIpc) is 2.37. The molecule has 0 aliphatic carbocycles. The van der Waals surface area contributed by atoms with Crippen molar-refractivity contribution in [3.63, 3.8) is 0 Å². The Labute approximate surface area is 132 Å². The van der Waals surface area contributed by atoms with Crippen molar-refractivity contribution in [1.82, 2.24) is 0 Å². The minimum Gasteiger partial charge on any atom is -0.399 e. The zero-order valence-electron chi connectivity index (χ0n) is 10.1. The van der Waals surface area contributed by atoms with Crippen LogP contribution < -0.4 is 5.73 Å². The van der Waals surface area contributed by atoms with Crippen molar-refractivity contribution >= 4 is 50.3 Å². The molecule has 3 nitrogen and oxygen atoms in total. The molecule has 0 amide bonds. The topological polar surface area (TPSA) is 60.2 Å². The molecule has 0 aliphatic heterocycles. The third kappa shape index (κ3) is 3.20.